The van der Waals surface area contributed by atoms with Crippen LogP contribution < -0.4 is 4.74 Å². The summed E-state index contributed by atoms with van der Waals surface area (Å²) in [5, 5.41) is 16.1. The van der Waals surface area contributed by atoms with Crippen LogP contribution in [-0.4, -0.2) is 32.4 Å². The molecule has 0 aliphatic rings. The Morgan fingerprint density at radius 3 is 2.42 bits per heavy atom. The van der Waals surface area contributed by atoms with Crippen LogP contribution in [-0.2, 0) is 0 Å². The molecule has 6 nitrogen and oxygen atoms in total. The van der Waals surface area contributed by atoms with Gasteiger partial charge in [0.15, 0.2) is 5.69 Å². The van der Waals surface area contributed by atoms with E-state index in [0.717, 1.165) is 0 Å². The lowest BCUT2D eigenvalue weighted by Crippen LogP contribution is -2.26. The van der Waals surface area contributed by atoms with Crippen molar-refractivity contribution in [1.29, 1.82) is 0 Å². The maximum Gasteiger partial charge on any atom is 0.396 e. The molecule has 1 N–H and O–H groups in total. The summed E-state index contributed by atoms with van der Waals surface area (Å²) in [6, 6.07) is 9.15. The van der Waals surface area contributed by atoms with Crippen molar-refractivity contribution in [2.24, 2.45) is 0 Å². The molecule has 3 rings (SSSR count). The van der Waals surface area contributed by atoms with Gasteiger partial charge in [-0.3, -0.25) is 0 Å². The Morgan fingerprint density at radius 2 is 1.84 bits per heavy atom. The molecule has 0 fully saturated rings. The zero-order chi connectivity index (χ0) is 22.8. The van der Waals surface area contributed by atoms with Crippen molar-refractivity contribution < 1.29 is 27.8 Å². The SMILES string of the molecule is CC(c1cc(Oc2ccc(C(=O)O)nn2)ccc1Cl)C(c1ccnc(Cl)c1)C(F)(F)F. The van der Waals surface area contributed by atoms with Gasteiger partial charge in [0.2, 0.25) is 5.88 Å². The van der Waals surface area contributed by atoms with Gasteiger partial charge in [-0.2, -0.15) is 13.2 Å². The lowest BCUT2D eigenvalue weighted by atomic mass is 9.82. The number of carboxylic acid groups (broad SMARTS) is 1. The number of ether oxygens (including phenoxy) is 1. The predicted octanol–water partition coefficient (Wildman–Crippen LogP) is 6.12. The first kappa shape index (κ1) is 22.8. The predicted molar refractivity (Wildman–Crippen MR) is 107 cm³/mol. The number of aromatic nitrogens is 3. The Balaban J connectivity index is 1.94. The van der Waals surface area contributed by atoms with Gasteiger partial charge in [-0.25, -0.2) is 9.78 Å². The zero-order valence-corrected chi connectivity index (χ0v) is 17.3. The molecule has 0 saturated heterocycles. The lowest BCUT2D eigenvalue weighted by molar-refractivity contribution is -0.154. The smallest absolute Gasteiger partial charge is 0.396 e. The molecule has 11 heteroatoms. The summed E-state index contributed by atoms with van der Waals surface area (Å²) in [4.78, 5) is 14.6. The highest BCUT2D eigenvalue weighted by Crippen LogP contribution is 2.47. The zero-order valence-electron chi connectivity index (χ0n) is 15.8. The fourth-order valence-corrected chi connectivity index (χ4v) is 3.57. The molecule has 0 saturated carbocycles. The third-order valence-corrected chi connectivity index (χ3v) is 5.05. The molecule has 0 aliphatic heterocycles. The fraction of sp³-hybridized carbons (Fsp3) is 0.200. The van der Waals surface area contributed by atoms with E-state index in [1.54, 1.807) is 0 Å². The summed E-state index contributed by atoms with van der Waals surface area (Å²) in [7, 11) is 0. The van der Waals surface area contributed by atoms with Crippen LogP contribution in [0.15, 0.2) is 48.7 Å². The first-order chi connectivity index (χ1) is 14.6. The first-order valence-corrected chi connectivity index (χ1v) is 9.54. The van der Waals surface area contributed by atoms with Gasteiger partial charge in [0.1, 0.15) is 10.9 Å². The number of hydrogen-bond donors (Lipinski definition) is 1. The number of carboxylic acids is 1. The molecule has 2 aromatic heterocycles. The van der Waals surface area contributed by atoms with Gasteiger partial charge in [0, 0.05) is 17.3 Å². The van der Waals surface area contributed by atoms with Gasteiger partial charge in [0.05, 0.1) is 5.92 Å². The number of hydrogen-bond acceptors (Lipinski definition) is 5. The fourth-order valence-electron chi connectivity index (χ4n) is 3.10. The van der Waals surface area contributed by atoms with Crippen LogP contribution in [0, 0.1) is 0 Å². The van der Waals surface area contributed by atoms with Crippen LogP contribution in [0.2, 0.25) is 10.2 Å². The number of halogens is 5. The van der Waals surface area contributed by atoms with Gasteiger partial charge in [-0.1, -0.05) is 30.1 Å². The van der Waals surface area contributed by atoms with E-state index in [0.29, 0.717) is 0 Å². The van der Waals surface area contributed by atoms with Crippen LogP contribution >= 0.6 is 23.2 Å². The molecule has 162 valence electrons. The van der Waals surface area contributed by atoms with Crippen molar-refractivity contribution in [2.45, 2.75) is 24.9 Å². The molecule has 0 radical (unpaired) electrons. The Kier molecular flexibility index (Phi) is 6.66. The lowest BCUT2D eigenvalue weighted by Gasteiger charge is -2.28. The quantitative estimate of drug-likeness (QED) is 0.436. The molecular formula is C20H14Cl2F3N3O3. The van der Waals surface area contributed by atoms with Crippen LogP contribution in [0.3, 0.4) is 0 Å². The van der Waals surface area contributed by atoms with Crippen molar-refractivity contribution in [3.8, 4) is 11.6 Å². The van der Waals surface area contributed by atoms with E-state index in [1.807, 2.05) is 0 Å². The summed E-state index contributed by atoms with van der Waals surface area (Å²) in [5.74, 6) is -4.10. The summed E-state index contributed by atoms with van der Waals surface area (Å²) in [5.41, 5.74) is -0.121. The molecular weight excluding hydrogens is 458 g/mol. The Labute approximate surface area is 184 Å². The van der Waals surface area contributed by atoms with E-state index in [4.69, 9.17) is 33.0 Å². The largest absolute Gasteiger partial charge is 0.476 e. The minimum Gasteiger partial charge on any atom is -0.476 e. The molecule has 1 aromatic carbocycles. The van der Waals surface area contributed by atoms with Crippen molar-refractivity contribution in [3.63, 3.8) is 0 Å². The van der Waals surface area contributed by atoms with Crippen molar-refractivity contribution in [2.75, 3.05) is 0 Å². The Morgan fingerprint density at radius 1 is 1.10 bits per heavy atom. The van der Waals surface area contributed by atoms with E-state index in [9.17, 15) is 18.0 Å². The Hall–Kier alpha value is -2.91. The van der Waals surface area contributed by atoms with Gasteiger partial charge in [-0.05, 0) is 53.4 Å². The van der Waals surface area contributed by atoms with Crippen LogP contribution in [0.5, 0.6) is 11.6 Å². The number of alkyl halides is 3. The molecule has 3 aromatic rings. The Bertz CT molecular complexity index is 1100. The third kappa shape index (κ3) is 5.42. The van der Waals surface area contributed by atoms with Gasteiger partial charge in [-0.15, -0.1) is 10.2 Å². The average molecular weight is 472 g/mol. The minimum atomic E-state index is -4.58. The van der Waals surface area contributed by atoms with Crippen LogP contribution in [0.4, 0.5) is 13.2 Å². The number of aromatic carboxylic acids is 1. The highest BCUT2D eigenvalue weighted by atomic mass is 35.5. The molecule has 0 amide bonds. The molecule has 2 unspecified atom stereocenters. The number of benzene rings is 1. The van der Waals surface area contributed by atoms with Crippen molar-refractivity contribution in [1.82, 2.24) is 15.2 Å². The number of carbonyl (C=O) groups is 1. The molecule has 31 heavy (non-hydrogen) atoms. The summed E-state index contributed by atoms with van der Waals surface area (Å²) < 4.78 is 47.4. The van der Waals surface area contributed by atoms with E-state index in [-0.39, 0.29) is 38.6 Å². The number of nitrogens with zero attached hydrogens (tertiary/aromatic N) is 3. The van der Waals surface area contributed by atoms with E-state index >= 15 is 0 Å². The maximum absolute atomic E-state index is 14.0. The highest BCUT2D eigenvalue weighted by molar-refractivity contribution is 6.31. The van der Waals surface area contributed by atoms with E-state index in [1.165, 1.54) is 55.6 Å². The molecule has 2 heterocycles. The van der Waals surface area contributed by atoms with Crippen LogP contribution in [0.1, 0.15) is 40.4 Å². The summed E-state index contributed by atoms with van der Waals surface area (Å²) in [6.07, 6.45) is -3.37. The minimum absolute atomic E-state index is 0.0285. The van der Waals surface area contributed by atoms with Gasteiger partial charge >= 0.3 is 12.1 Å². The molecule has 2 atom stereocenters. The summed E-state index contributed by atoms with van der Waals surface area (Å²) >= 11 is 12.0. The normalized spacial score (nSPS) is 13.5. The second-order valence-electron chi connectivity index (χ2n) is 6.57. The van der Waals surface area contributed by atoms with E-state index in [2.05, 4.69) is 15.2 Å². The molecule has 0 spiro atoms. The monoisotopic (exact) mass is 471 g/mol. The second kappa shape index (κ2) is 9.07. The average Bonchev–Trinajstić information content (AvgIpc) is 2.69. The number of pyridine rings is 1. The molecule has 0 bridgehead atoms. The standard InChI is InChI=1S/C20H14Cl2F3N3O3/c1-10(18(20(23,24)25)11-6-7-26-16(22)8-11)13-9-12(2-3-14(13)21)31-17-5-4-15(19(29)30)27-28-17/h2-10,18H,1H3,(H,29,30). The first-order valence-electron chi connectivity index (χ1n) is 8.78. The highest BCUT2D eigenvalue weighted by Gasteiger charge is 2.45. The number of rotatable bonds is 6. The maximum atomic E-state index is 14.0. The van der Waals surface area contributed by atoms with E-state index < -0.39 is 24.0 Å². The van der Waals surface area contributed by atoms with Gasteiger partial charge < -0.3 is 9.84 Å². The van der Waals surface area contributed by atoms with Crippen molar-refractivity contribution in [3.05, 3.63) is 75.7 Å². The third-order valence-electron chi connectivity index (χ3n) is 4.50. The van der Waals surface area contributed by atoms with Crippen molar-refractivity contribution >= 4 is 29.2 Å². The second-order valence-corrected chi connectivity index (χ2v) is 7.36. The van der Waals surface area contributed by atoms with Gasteiger partial charge in [0.25, 0.3) is 0 Å². The van der Waals surface area contributed by atoms with Crippen LogP contribution in [0.25, 0.3) is 0 Å². The summed E-state index contributed by atoms with van der Waals surface area (Å²) in [6.45, 7) is 1.40. The molecule has 0 aliphatic carbocycles. The topological polar surface area (TPSA) is 85.2 Å².